The van der Waals surface area contributed by atoms with E-state index in [-0.39, 0.29) is 11.4 Å². The Labute approximate surface area is 150 Å². The van der Waals surface area contributed by atoms with Crippen LogP contribution in [0.15, 0.2) is 30.3 Å². The second-order valence-electron chi connectivity index (χ2n) is 5.90. The van der Waals surface area contributed by atoms with Crippen LogP contribution in [0.5, 0.6) is 5.75 Å². The minimum Gasteiger partial charge on any atom is -0.481 e. The Balaban J connectivity index is 2.15. The number of amides is 1. The van der Waals surface area contributed by atoms with Gasteiger partial charge in [-0.15, -0.1) is 0 Å². The third kappa shape index (κ3) is 4.48. The van der Waals surface area contributed by atoms with Gasteiger partial charge >= 0.3 is 0 Å². The summed E-state index contributed by atoms with van der Waals surface area (Å²) in [4.78, 5) is 22.9. The molecule has 0 saturated heterocycles. The first kappa shape index (κ1) is 18.7. The van der Waals surface area contributed by atoms with E-state index in [4.69, 9.17) is 16.3 Å². The maximum Gasteiger partial charge on any atom is 0.293 e. The van der Waals surface area contributed by atoms with Crippen molar-refractivity contribution in [2.24, 2.45) is 0 Å². The van der Waals surface area contributed by atoms with Gasteiger partial charge in [0.05, 0.1) is 4.92 Å². The summed E-state index contributed by atoms with van der Waals surface area (Å²) in [5, 5.41) is 14.3. The van der Waals surface area contributed by atoms with Crippen molar-refractivity contribution >= 4 is 28.9 Å². The zero-order valence-electron chi connectivity index (χ0n) is 14.4. The second kappa shape index (κ2) is 7.53. The molecule has 132 valence electrons. The quantitative estimate of drug-likeness (QED) is 0.623. The zero-order valence-corrected chi connectivity index (χ0v) is 15.2. The lowest BCUT2D eigenvalue weighted by atomic mass is 10.1. The number of rotatable bonds is 5. The molecule has 1 N–H and O–H groups in total. The van der Waals surface area contributed by atoms with E-state index in [0.717, 1.165) is 16.7 Å². The van der Waals surface area contributed by atoms with E-state index in [1.165, 1.54) is 12.1 Å². The van der Waals surface area contributed by atoms with Crippen LogP contribution in [0.2, 0.25) is 5.02 Å². The molecule has 0 aliphatic carbocycles. The molecule has 2 aromatic carbocycles. The van der Waals surface area contributed by atoms with E-state index in [1.54, 1.807) is 32.0 Å². The van der Waals surface area contributed by atoms with Crippen LogP contribution < -0.4 is 10.1 Å². The molecule has 1 atom stereocenters. The van der Waals surface area contributed by atoms with Crippen LogP contribution >= 0.6 is 11.6 Å². The number of halogens is 1. The van der Waals surface area contributed by atoms with Gasteiger partial charge in [-0.2, -0.15) is 0 Å². The fourth-order valence-corrected chi connectivity index (χ4v) is 2.47. The van der Waals surface area contributed by atoms with Crippen LogP contribution in [0.1, 0.15) is 23.6 Å². The Morgan fingerprint density at radius 3 is 2.36 bits per heavy atom. The molecule has 7 heteroatoms. The average molecular weight is 363 g/mol. The molecule has 1 amide bonds. The van der Waals surface area contributed by atoms with Gasteiger partial charge in [-0.25, -0.2) is 0 Å². The standard InChI is InChI=1S/C18H19ClN2O4/c1-10-5-6-15(16(7-10)21(23)24)20-18(22)13(4)25-14-8-11(2)17(19)12(3)9-14/h5-9,13H,1-4H3,(H,20,22). The highest BCUT2D eigenvalue weighted by Crippen LogP contribution is 2.28. The molecule has 0 bridgehead atoms. The van der Waals surface area contributed by atoms with Crippen LogP contribution in [-0.4, -0.2) is 16.9 Å². The smallest absolute Gasteiger partial charge is 0.293 e. The summed E-state index contributed by atoms with van der Waals surface area (Å²) in [5.74, 6) is 0.0395. The molecule has 6 nitrogen and oxygen atoms in total. The van der Waals surface area contributed by atoms with Gasteiger partial charge in [-0.3, -0.25) is 14.9 Å². The van der Waals surface area contributed by atoms with Crippen molar-refractivity contribution in [3.8, 4) is 5.75 Å². The number of ether oxygens (including phenoxy) is 1. The fraction of sp³-hybridized carbons (Fsp3) is 0.278. The topological polar surface area (TPSA) is 81.5 Å². The van der Waals surface area contributed by atoms with E-state index < -0.39 is 16.9 Å². The molecule has 2 aromatic rings. The van der Waals surface area contributed by atoms with Crippen molar-refractivity contribution < 1.29 is 14.5 Å². The Morgan fingerprint density at radius 1 is 1.20 bits per heavy atom. The predicted molar refractivity (Wildman–Crippen MR) is 97.5 cm³/mol. The first-order chi connectivity index (χ1) is 11.7. The highest BCUT2D eigenvalue weighted by molar-refractivity contribution is 6.32. The van der Waals surface area contributed by atoms with Gasteiger partial charge in [0.2, 0.25) is 0 Å². The lowest BCUT2D eigenvalue weighted by molar-refractivity contribution is -0.384. The van der Waals surface area contributed by atoms with Crippen molar-refractivity contribution in [2.75, 3.05) is 5.32 Å². The Bertz CT molecular complexity index is 813. The number of carbonyl (C=O) groups is 1. The number of nitrogens with one attached hydrogen (secondary N) is 1. The molecule has 0 aromatic heterocycles. The first-order valence-corrected chi connectivity index (χ1v) is 8.06. The number of aryl methyl sites for hydroxylation is 3. The number of carbonyl (C=O) groups excluding carboxylic acids is 1. The molecular formula is C18H19ClN2O4. The molecule has 0 spiro atoms. The normalized spacial score (nSPS) is 11.7. The predicted octanol–water partition coefficient (Wildman–Crippen LogP) is 4.58. The molecule has 0 saturated carbocycles. The first-order valence-electron chi connectivity index (χ1n) is 7.68. The number of nitro benzene ring substituents is 1. The van der Waals surface area contributed by atoms with E-state index in [2.05, 4.69) is 5.32 Å². The number of nitro groups is 1. The van der Waals surface area contributed by atoms with Crippen LogP contribution in [0.4, 0.5) is 11.4 Å². The van der Waals surface area contributed by atoms with Gasteiger partial charge in [0.1, 0.15) is 11.4 Å². The Kier molecular flexibility index (Phi) is 5.64. The molecule has 0 radical (unpaired) electrons. The zero-order chi connectivity index (χ0) is 18.7. The number of nitrogens with zero attached hydrogens (tertiary/aromatic N) is 1. The summed E-state index contributed by atoms with van der Waals surface area (Å²) in [6, 6.07) is 8.10. The highest BCUT2D eigenvalue weighted by atomic mass is 35.5. The Morgan fingerprint density at radius 2 is 1.80 bits per heavy atom. The largest absolute Gasteiger partial charge is 0.481 e. The van der Waals surface area contributed by atoms with Crippen LogP contribution in [-0.2, 0) is 4.79 Å². The van der Waals surface area contributed by atoms with E-state index in [0.29, 0.717) is 10.8 Å². The molecule has 0 fully saturated rings. The van der Waals surface area contributed by atoms with E-state index in [9.17, 15) is 14.9 Å². The van der Waals surface area contributed by atoms with Crippen LogP contribution in [0.3, 0.4) is 0 Å². The Hall–Kier alpha value is -2.60. The molecule has 25 heavy (non-hydrogen) atoms. The summed E-state index contributed by atoms with van der Waals surface area (Å²) < 4.78 is 5.65. The third-order valence-corrected chi connectivity index (χ3v) is 4.30. The lowest BCUT2D eigenvalue weighted by Crippen LogP contribution is -2.30. The van der Waals surface area contributed by atoms with E-state index in [1.807, 2.05) is 13.8 Å². The maximum atomic E-state index is 12.3. The van der Waals surface area contributed by atoms with Crippen molar-refractivity contribution in [2.45, 2.75) is 33.8 Å². The second-order valence-corrected chi connectivity index (χ2v) is 6.28. The number of hydrogen-bond donors (Lipinski definition) is 1. The fourth-order valence-electron chi connectivity index (χ4n) is 2.36. The monoisotopic (exact) mass is 362 g/mol. The van der Waals surface area contributed by atoms with Crippen molar-refractivity contribution in [3.63, 3.8) is 0 Å². The number of benzene rings is 2. The highest BCUT2D eigenvalue weighted by Gasteiger charge is 2.21. The summed E-state index contributed by atoms with van der Waals surface area (Å²) >= 11 is 6.12. The molecular weight excluding hydrogens is 344 g/mol. The third-order valence-electron chi connectivity index (χ3n) is 3.70. The number of hydrogen-bond acceptors (Lipinski definition) is 4. The van der Waals surface area contributed by atoms with Crippen molar-refractivity contribution in [1.82, 2.24) is 0 Å². The average Bonchev–Trinajstić information content (AvgIpc) is 2.53. The van der Waals surface area contributed by atoms with Gasteiger partial charge in [0, 0.05) is 11.1 Å². The van der Waals surface area contributed by atoms with Crippen molar-refractivity contribution in [1.29, 1.82) is 0 Å². The van der Waals surface area contributed by atoms with Gasteiger partial charge in [-0.05, 0) is 62.6 Å². The van der Waals surface area contributed by atoms with E-state index >= 15 is 0 Å². The molecule has 0 aliphatic heterocycles. The summed E-state index contributed by atoms with van der Waals surface area (Å²) in [6.07, 6.45) is -0.833. The minimum absolute atomic E-state index is 0.138. The summed E-state index contributed by atoms with van der Waals surface area (Å²) in [6.45, 7) is 7.02. The van der Waals surface area contributed by atoms with Crippen molar-refractivity contribution in [3.05, 3.63) is 62.2 Å². The van der Waals surface area contributed by atoms with Gasteiger partial charge < -0.3 is 10.1 Å². The van der Waals surface area contributed by atoms with Gasteiger partial charge in [0.25, 0.3) is 11.6 Å². The molecule has 0 aliphatic rings. The molecule has 2 rings (SSSR count). The lowest BCUT2D eigenvalue weighted by Gasteiger charge is -2.16. The minimum atomic E-state index is -0.833. The summed E-state index contributed by atoms with van der Waals surface area (Å²) in [5.41, 5.74) is 2.41. The summed E-state index contributed by atoms with van der Waals surface area (Å²) in [7, 11) is 0. The van der Waals surface area contributed by atoms with Gasteiger partial charge in [0.15, 0.2) is 6.10 Å². The molecule has 0 heterocycles. The van der Waals surface area contributed by atoms with Crippen LogP contribution in [0.25, 0.3) is 0 Å². The number of anilines is 1. The van der Waals surface area contributed by atoms with Crippen LogP contribution in [0, 0.1) is 30.9 Å². The SMILES string of the molecule is Cc1ccc(NC(=O)C(C)Oc2cc(C)c(Cl)c(C)c2)c([N+](=O)[O-])c1. The maximum absolute atomic E-state index is 12.3. The molecule has 1 unspecified atom stereocenters. The van der Waals surface area contributed by atoms with Gasteiger partial charge in [-0.1, -0.05) is 17.7 Å².